The molecule has 0 radical (unpaired) electrons. The molecule has 0 fully saturated rings. The summed E-state index contributed by atoms with van der Waals surface area (Å²) >= 11 is 0. The van der Waals surface area contributed by atoms with E-state index < -0.39 is 8.32 Å². The fraction of sp³-hybridized carbons (Fsp3) is 0.364. The molecule has 1 N–H and O–H groups in total. The summed E-state index contributed by atoms with van der Waals surface area (Å²) in [5.41, 5.74) is 1.52. The molecule has 0 atom stereocenters. The summed E-state index contributed by atoms with van der Waals surface area (Å²) in [6, 6.07) is 7.86. The van der Waals surface area contributed by atoms with Crippen LogP contribution in [0.1, 0.15) is 15.9 Å². The first kappa shape index (κ1) is 11.9. The van der Waals surface area contributed by atoms with Crippen LogP contribution in [0.15, 0.2) is 24.3 Å². The summed E-state index contributed by atoms with van der Waals surface area (Å²) in [5, 5.41) is 0. The van der Waals surface area contributed by atoms with Gasteiger partial charge in [0.1, 0.15) is 0 Å². The van der Waals surface area contributed by atoms with Crippen molar-refractivity contribution in [2.24, 2.45) is 0 Å². The summed E-state index contributed by atoms with van der Waals surface area (Å²) < 4.78 is 4.63. The van der Waals surface area contributed by atoms with Crippen molar-refractivity contribution in [3.05, 3.63) is 35.4 Å². The number of rotatable bonds is 3. The van der Waals surface area contributed by atoms with E-state index in [0.29, 0.717) is 11.6 Å². The minimum absolute atomic E-state index is 0.339. The molecule has 0 bridgehead atoms. The van der Waals surface area contributed by atoms with Crippen molar-refractivity contribution in [1.29, 1.82) is 0 Å². The molecule has 0 aliphatic carbocycles. The number of carbonyl (C=O) groups is 1. The molecule has 1 aromatic carbocycles. The highest BCUT2D eigenvalue weighted by Crippen LogP contribution is 2.12. The average molecular weight is 224 g/mol. The second-order valence-corrected chi connectivity index (χ2v) is 8.16. The van der Waals surface area contributed by atoms with E-state index in [4.69, 9.17) is 0 Å². The van der Waals surface area contributed by atoms with Crippen LogP contribution in [0, 0.1) is 0 Å². The first-order valence-corrected chi connectivity index (χ1v) is 7.97. The topological polar surface area (TPSA) is 46.5 Å². The summed E-state index contributed by atoms with van der Waals surface area (Å²) in [7, 11) is -0.757. The largest absolute Gasteiger partial charge is 0.465 e. The monoisotopic (exact) mass is 224 g/mol. The molecular weight excluding hydrogens is 208 g/mol. The minimum Gasteiger partial charge on any atom is -0.465 e. The van der Waals surface area contributed by atoms with Gasteiger partial charge in [0.25, 0.3) is 0 Å². The molecule has 0 aliphatic rings. The third-order valence-corrected chi connectivity index (χ3v) is 3.26. The minimum atomic E-state index is -2.12. The number of carbonyl (C=O) groups excluding carboxylic acids is 1. The Balaban J connectivity index is 2.88. The van der Waals surface area contributed by atoms with Crippen molar-refractivity contribution in [3.63, 3.8) is 0 Å². The Hall–Kier alpha value is -1.13. The van der Waals surface area contributed by atoms with E-state index in [1.807, 2.05) is 25.2 Å². The Bertz CT molecular complexity index is 355. The van der Waals surface area contributed by atoms with Gasteiger partial charge in [-0.25, -0.2) is 4.79 Å². The van der Waals surface area contributed by atoms with Gasteiger partial charge < -0.3 is 9.53 Å². The molecule has 0 saturated heterocycles. The molecule has 1 aromatic rings. The van der Waals surface area contributed by atoms with E-state index in [1.54, 1.807) is 12.1 Å². The Morgan fingerprint density at radius 1 is 1.47 bits per heavy atom. The first-order chi connectivity index (χ1) is 6.92. The lowest BCUT2D eigenvalue weighted by molar-refractivity contribution is 0.0600. The van der Waals surface area contributed by atoms with Gasteiger partial charge in [-0.1, -0.05) is 12.1 Å². The van der Waals surface area contributed by atoms with Crippen molar-refractivity contribution >= 4 is 14.3 Å². The second-order valence-electron chi connectivity index (χ2n) is 4.18. The van der Waals surface area contributed by atoms with Crippen LogP contribution in [0.3, 0.4) is 0 Å². The summed E-state index contributed by atoms with van der Waals surface area (Å²) in [6.45, 7) is 3.75. The Morgan fingerprint density at radius 2 is 2.13 bits per heavy atom. The lowest BCUT2D eigenvalue weighted by atomic mass is 10.1. The zero-order chi connectivity index (χ0) is 11.5. The van der Waals surface area contributed by atoms with E-state index in [0.717, 1.165) is 5.56 Å². The van der Waals surface area contributed by atoms with E-state index in [9.17, 15) is 9.59 Å². The van der Waals surface area contributed by atoms with Gasteiger partial charge in [0, 0.05) is 0 Å². The molecule has 0 aliphatic heterocycles. The molecule has 0 spiro atoms. The standard InChI is InChI=1S/C11H16O3Si/c1-14-11(12)10-6-4-5-9(7-10)8-15(2,3)13/h4-7,13H,8H2,1-3H3. The van der Waals surface area contributed by atoms with Gasteiger partial charge in [-0.3, -0.25) is 0 Å². The van der Waals surface area contributed by atoms with Gasteiger partial charge in [-0.05, 0) is 36.8 Å². The Morgan fingerprint density at radius 3 is 2.67 bits per heavy atom. The molecule has 1 rings (SSSR count). The number of ether oxygens (including phenoxy) is 1. The lowest BCUT2D eigenvalue weighted by Crippen LogP contribution is -2.28. The Labute approximate surface area is 90.8 Å². The third-order valence-electron chi connectivity index (χ3n) is 1.98. The van der Waals surface area contributed by atoms with Crippen LogP contribution in [0.4, 0.5) is 0 Å². The third kappa shape index (κ3) is 3.85. The van der Waals surface area contributed by atoms with E-state index in [2.05, 4.69) is 4.74 Å². The average Bonchev–Trinajstić information content (AvgIpc) is 2.14. The van der Waals surface area contributed by atoms with Crippen molar-refractivity contribution in [3.8, 4) is 0 Å². The molecular formula is C11H16O3Si. The van der Waals surface area contributed by atoms with Gasteiger partial charge in [-0.15, -0.1) is 0 Å². The van der Waals surface area contributed by atoms with Crippen LogP contribution in [0.2, 0.25) is 13.1 Å². The van der Waals surface area contributed by atoms with Crippen molar-refractivity contribution in [2.75, 3.05) is 7.11 Å². The van der Waals surface area contributed by atoms with Crippen LogP contribution in [0.5, 0.6) is 0 Å². The number of hydrogen-bond acceptors (Lipinski definition) is 3. The molecule has 4 heteroatoms. The molecule has 0 saturated carbocycles. The molecule has 0 aromatic heterocycles. The SMILES string of the molecule is COC(=O)c1cccc(C[Si](C)(C)O)c1. The fourth-order valence-corrected chi connectivity index (χ4v) is 2.64. The molecule has 15 heavy (non-hydrogen) atoms. The van der Waals surface area contributed by atoms with Crippen molar-refractivity contribution < 1.29 is 14.3 Å². The van der Waals surface area contributed by atoms with Gasteiger partial charge in [0.2, 0.25) is 0 Å². The number of hydrogen-bond donors (Lipinski definition) is 1. The van der Waals surface area contributed by atoms with Crippen LogP contribution < -0.4 is 0 Å². The highest BCUT2D eigenvalue weighted by Gasteiger charge is 2.18. The van der Waals surface area contributed by atoms with Crippen LogP contribution >= 0.6 is 0 Å². The maximum Gasteiger partial charge on any atom is 0.337 e. The van der Waals surface area contributed by atoms with Crippen molar-refractivity contribution in [2.45, 2.75) is 19.1 Å². The predicted octanol–water partition coefficient (Wildman–Crippen LogP) is 1.75. The second kappa shape index (κ2) is 4.59. The van der Waals surface area contributed by atoms with E-state index in [1.165, 1.54) is 7.11 Å². The van der Waals surface area contributed by atoms with Gasteiger partial charge in [0.05, 0.1) is 12.7 Å². The van der Waals surface area contributed by atoms with E-state index in [-0.39, 0.29) is 5.97 Å². The molecule has 3 nitrogen and oxygen atoms in total. The Kier molecular flexibility index (Phi) is 3.65. The maximum atomic E-state index is 11.3. The summed E-state index contributed by atoms with van der Waals surface area (Å²) in [5.74, 6) is -0.339. The molecule has 82 valence electrons. The first-order valence-electron chi connectivity index (χ1n) is 4.82. The van der Waals surface area contributed by atoms with E-state index >= 15 is 0 Å². The highest BCUT2D eigenvalue weighted by atomic mass is 28.4. The normalized spacial score (nSPS) is 11.2. The summed E-state index contributed by atoms with van der Waals surface area (Å²) in [6.07, 6.45) is 0. The highest BCUT2D eigenvalue weighted by molar-refractivity contribution is 6.69. The van der Waals surface area contributed by atoms with Crippen LogP contribution in [-0.4, -0.2) is 26.2 Å². The maximum absolute atomic E-state index is 11.3. The van der Waals surface area contributed by atoms with Gasteiger partial charge >= 0.3 is 5.97 Å². The number of esters is 1. The molecule has 0 heterocycles. The quantitative estimate of drug-likeness (QED) is 0.628. The molecule has 0 unspecified atom stereocenters. The van der Waals surface area contributed by atoms with Crippen LogP contribution in [-0.2, 0) is 10.8 Å². The molecule has 0 amide bonds. The van der Waals surface area contributed by atoms with Crippen LogP contribution in [0.25, 0.3) is 0 Å². The zero-order valence-corrected chi connectivity index (χ0v) is 10.3. The summed E-state index contributed by atoms with van der Waals surface area (Å²) in [4.78, 5) is 21.0. The lowest BCUT2D eigenvalue weighted by Gasteiger charge is -2.14. The zero-order valence-electron chi connectivity index (χ0n) is 9.28. The predicted molar refractivity (Wildman–Crippen MR) is 61.2 cm³/mol. The number of methoxy groups -OCH3 is 1. The van der Waals surface area contributed by atoms with Gasteiger partial charge in [-0.2, -0.15) is 0 Å². The smallest absolute Gasteiger partial charge is 0.337 e. The van der Waals surface area contributed by atoms with Gasteiger partial charge in [0.15, 0.2) is 8.32 Å². The fourth-order valence-electron chi connectivity index (χ4n) is 1.43. The van der Waals surface area contributed by atoms with Crippen molar-refractivity contribution in [1.82, 2.24) is 0 Å². The number of benzene rings is 1.